The Morgan fingerprint density at radius 1 is 0.806 bits per heavy atom. The van der Waals surface area contributed by atoms with E-state index in [1.54, 1.807) is 13.8 Å². The number of benzene rings is 2. The van der Waals surface area contributed by atoms with Crippen molar-refractivity contribution in [2.45, 2.75) is 50.7 Å². The minimum absolute atomic E-state index is 0.432. The van der Waals surface area contributed by atoms with E-state index in [1.807, 2.05) is 60.7 Å². The van der Waals surface area contributed by atoms with Crippen LogP contribution in [-0.2, 0) is 29.4 Å². The van der Waals surface area contributed by atoms with Gasteiger partial charge in [-0.1, -0.05) is 60.7 Å². The molecule has 0 amide bonds. The van der Waals surface area contributed by atoms with Gasteiger partial charge in [-0.3, -0.25) is 9.05 Å². The van der Waals surface area contributed by atoms with E-state index in [4.69, 9.17) is 32.3 Å². The lowest BCUT2D eigenvalue weighted by molar-refractivity contribution is 0.0602. The maximum atomic E-state index is 11.7. The average molecular weight is 559 g/mol. The van der Waals surface area contributed by atoms with Gasteiger partial charge in [0.25, 0.3) is 0 Å². The molecule has 0 saturated carbocycles. The molecule has 0 bridgehead atoms. The molecule has 36 heavy (non-hydrogen) atoms. The average Bonchev–Trinajstić information content (AvgIpc) is 2.79. The van der Waals surface area contributed by atoms with Crippen molar-refractivity contribution in [1.82, 2.24) is 10.6 Å². The second kappa shape index (κ2) is 13.2. The molecule has 2 rings (SSSR count). The fraction of sp³-hybridized carbons (Fsp3) is 0.435. The van der Waals surface area contributed by atoms with Crippen molar-refractivity contribution >= 4 is 32.8 Å². The summed E-state index contributed by atoms with van der Waals surface area (Å²) >= 11 is 5.34. The molecule has 13 heteroatoms. The molecule has 0 aliphatic rings. The molecule has 10 nitrogen and oxygen atoms in total. The Balaban J connectivity index is 1.82. The van der Waals surface area contributed by atoms with Crippen molar-refractivity contribution in [1.29, 1.82) is 0 Å². The van der Waals surface area contributed by atoms with Gasteiger partial charge in [-0.15, -0.1) is 0 Å². The van der Waals surface area contributed by atoms with Gasteiger partial charge in [0, 0.05) is 13.1 Å². The van der Waals surface area contributed by atoms with Crippen LogP contribution >= 0.6 is 27.7 Å². The molecule has 0 aromatic heterocycles. The van der Waals surface area contributed by atoms with Crippen LogP contribution in [-0.4, -0.2) is 28.0 Å². The van der Waals surface area contributed by atoms with Gasteiger partial charge in [-0.05, 0) is 62.9 Å². The van der Waals surface area contributed by atoms with Crippen LogP contribution < -0.4 is 21.6 Å². The van der Waals surface area contributed by atoms with Crippen molar-refractivity contribution in [2.24, 2.45) is 11.0 Å². The molecule has 0 fully saturated rings. The molecule has 0 saturated heterocycles. The summed E-state index contributed by atoms with van der Waals surface area (Å²) in [5, 5.41) is 6.65. The van der Waals surface area contributed by atoms with Gasteiger partial charge in [-0.25, -0.2) is 20.1 Å². The molecule has 2 aromatic carbocycles. The summed E-state index contributed by atoms with van der Waals surface area (Å²) in [5.41, 5.74) is 9.99. The Morgan fingerprint density at radius 3 is 1.44 bits per heavy atom. The Labute approximate surface area is 217 Å². The van der Waals surface area contributed by atoms with Gasteiger partial charge in [0.15, 0.2) is 5.11 Å². The first-order chi connectivity index (χ1) is 16.7. The van der Waals surface area contributed by atoms with Crippen molar-refractivity contribution in [3.05, 3.63) is 71.8 Å². The minimum Gasteiger partial charge on any atom is -0.363 e. The maximum absolute atomic E-state index is 11.7. The van der Waals surface area contributed by atoms with Crippen LogP contribution in [0, 0.1) is 0 Å². The van der Waals surface area contributed by atoms with E-state index < -0.39 is 26.7 Å². The summed E-state index contributed by atoms with van der Waals surface area (Å²) in [6.07, 6.45) is 2.05. The lowest BCUT2D eigenvalue weighted by Crippen LogP contribution is -2.37. The first-order valence-corrected chi connectivity index (χ1v) is 15.2. The van der Waals surface area contributed by atoms with Crippen LogP contribution in [0.2, 0.25) is 0 Å². The highest BCUT2D eigenvalue weighted by Crippen LogP contribution is 2.45. The second-order valence-corrected chi connectivity index (χ2v) is 11.9. The molecule has 4 atom stereocenters. The third kappa shape index (κ3) is 10.8. The Bertz CT molecular complexity index is 985. The van der Waals surface area contributed by atoms with E-state index in [9.17, 15) is 18.9 Å². The fourth-order valence-corrected chi connectivity index (χ4v) is 5.71. The quantitative estimate of drug-likeness (QED) is 0.113. The van der Waals surface area contributed by atoms with Gasteiger partial charge >= 0.3 is 15.5 Å². The van der Waals surface area contributed by atoms with Gasteiger partial charge in [-0.2, -0.15) is 0 Å². The van der Waals surface area contributed by atoms with Gasteiger partial charge in [0.1, 0.15) is 11.2 Å². The summed E-state index contributed by atoms with van der Waals surface area (Å²) in [4.78, 5) is 19.2. The topological polar surface area (TPSA) is 169 Å². The minimum atomic E-state index is -4.20. The Hall–Kier alpha value is -1.65. The van der Waals surface area contributed by atoms with Crippen molar-refractivity contribution < 1.29 is 28.0 Å². The molecule has 0 spiro atoms. The number of rotatable bonds is 14. The largest absolute Gasteiger partial charge is 0.401 e. The predicted molar refractivity (Wildman–Crippen MR) is 145 cm³/mol. The van der Waals surface area contributed by atoms with Gasteiger partial charge < -0.3 is 20.4 Å². The molecule has 8 N–H and O–H groups in total. The second-order valence-electron chi connectivity index (χ2n) is 8.89. The van der Waals surface area contributed by atoms with E-state index >= 15 is 0 Å². The number of hydrogen-bond acceptors (Lipinski definition) is 5. The molecule has 0 aliphatic carbocycles. The molecular formula is C23H36N4O6P2S. The molecule has 0 aliphatic heterocycles. The van der Waals surface area contributed by atoms with Crippen LogP contribution in [0.1, 0.15) is 50.7 Å². The van der Waals surface area contributed by atoms with E-state index in [-0.39, 0.29) is 0 Å². The number of nitrogens with two attached hydrogens (primary N) is 2. The van der Waals surface area contributed by atoms with Crippen molar-refractivity contribution in [3.63, 3.8) is 0 Å². The highest BCUT2D eigenvalue weighted by atomic mass is 32.1. The van der Waals surface area contributed by atoms with E-state index in [2.05, 4.69) is 10.6 Å². The number of nitrogens with one attached hydrogen (secondary N) is 2. The summed E-state index contributed by atoms with van der Waals surface area (Å²) in [5.74, 6) is 0. The fourth-order valence-electron chi connectivity index (χ4n) is 3.96. The molecule has 2 aromatic rings. The molecule has 4 unspecified atom stereocenters. The lowest BCUT2D eigenvalue weighted by atomic mass is 9.91. The first kappa shape index (κ1) is 30.6. The lowest BCUT2D eigenvalue weighted by Gasteiger charge is -2.31. The first-order valence-electron chi connectivity index (χ1n) is 11.5. The highest BCUT2D eigenvalue weighted by Gasteiger charge is 2.34. The molecule has 0 radical (unpaired) electrons. The van der Waals surface area contributed by atoms with Crippen molar-refractivity contribution in [2.75, 3.05) is 13.1 Å². The van der Waals surface area contributed by atoms with Gasteiger partial charge in [0.05, 0.1) is 0 Å². The van der Waals surface area contributed by atoms with Crippen LogP contribution in [0.15, 0.2) is 60.7 Å². The Kier molecular flexibility index (Phi) is 11.2. The van der Waals surface area contributed by atoms with Crippen LogP contribution in [0.3, 0.4) is 0 Å². The third-order valence-electron chi connectivity index (χ3n) is 5.67. The van der Waals surface area contributed by atoms with Crippen LogP contribution in [0.4, 0.5) is 0 Å². The zero-order valence-electron chi connectivity index (χ0n) is 20.5. The number of thiocarbonyl (C=S) groups is 1. The van der Waals surface area contributed by atoms with E-state index in [0.29, 0.717) is 43.9 Å². The smallest absolute Gasteiger partial charge is 0.363 e. The highest BCUT2D eigenvalue weighted by molar-refractivity contribution is 7.80. The summed E-state index contributed by atoms with van der Waals surface area (Å²) in [6, 6.07) is 18.3. The van der Waals surface area contributed by atoms with Crippen molar-refractivity contribution in [3.8, 4) is 0 Å². The van der Waals surface area contributed by atoms with Crippen LogP contribution in [0.25, 0.3) is 0 Å². The molecular weight excluding hydrogens is 522 g/mol. The zero-order chi connectivity index (χ0) is 26.9. The summed E-state index contributed by atoms with van der Waals surface area (Å²) in [7, 11) is -8.40. The SMILES string of the molecule is CC(CCCNC(=S)NCCCC(C)(OP(N)(=O)O)c1ccccc1)(OP(N)(=O)O)c1ccccc1. The molecule has 200 valence electrons. The monoisotopic (exact) mass is 558 g/mol. The Morgan fingerprint density at radius 2 is 1.14 bits per heavy atom. The van der Waals surface area contributed by atoms with Gasteiger partial charge in [0.2, 0.25) is 0 Å². The predicted octanol–water partition coefficient (Wildman–Crippen LogP) is 3.99. The normalized spacial score (nSPS) is 18.2. The standard InChI is InChI=1S/C23H36N4O6P2S/c1-22(32-34(24,28)29,19-11-5-3-6-12-19)15-9-17-26-21(36)27-18-10-16-23(2,33-35(25,30)31)20-13-7-4-8-14-20/h3-8,11-14H,9-10,15-18H2,1-2H3,(H3,24,28,29)(H3,25,30,31)(H2,26,27,36). The number of hydrogen-bond donors (Lipinski definition) is 6. The maximum Gasteiger partial charge on any atom is 0.401 e. The van der Waals surface area contributed by atoms with E-state index in [1.165, 1.54) is 0 Å². The molecule has 0 heterocycles. The van der Waals surface area contributed by atoms with E-state index in [0.717, 1.165) is 11.1 Å². The third-order valence-corrected chi connectivity index (χ3v) is 7.28. The zero-order valence-corrected chi connectivity index (χ0v) is 23.1. The summed E-state index contributed by atoms with van der Waals surface area (Å²) < 4.78 is 34.2. The van der Waals surface area contributed by atoms with Crippen LogP contribution in [0.5, 0.6) is 0 Å². The summed E-state index contributed by atoms with van der Waals surface area (Å²) in [6.45, 7) is 4.47.